The van der Waals surface area contributed by atoms with Crippen molar-refractivity contribution in [1.29, 1.82) is 0 Å². The second-order valence-corrected chi connectivity index (χ2v) is 14.4. The van der Waals surface area contributed by atoms with Crippen LogP contribution in [0.4, 0.5) is 4.79 Å². The van der Waals surface area contributed by atoms with E-state index in [2.05, 4.69) is 17.6 Å². The summed E-state index contributed by atoms with van der Waals surface area (Å²) in [5, 5.41) is 25.0. The topological polar surface area (TPSA) is 143 Å². The van der Waals surface area contributed by atoms with Gasteiger partial charge in [0.05, 0.1) is 31.5 Å². The summed E-state index contributed by atoms with van der Waals surface area (Å²) in [6.07, 6.45) is -1.01. The Labute approximate surface area is 324 Å². The Morgan fingerprint density at radius 3 is 2.18 bits per heavy atom. The summed E-state index contributed by atoms with van der Waals surface area (Å²) in [5.41, 5.74) is 6.46. The molecule has 284 valence electrons. The third-order valence-electron chi connectivity index (χ3n) is 9.67. The zero-order valence-corrected chi connectivity index (χ0v) is 31.4. The van der Waals surface area contributed by atoms with E-state index in [-0.39, 0.29) is 36.8 Å². The molecule has 5 atom stereocenters. The molecule has 1 heterocycles. The highest BCUT2D eigenvalue weighted by Crippen LogP contribution is 2.43. The lowest BCUT2D eigenvalue weighted by Gasteiger charge is -2.41. The number of hydrogen-bond donors (Lipinski definition) is 4. The number of nitrogens with one attached hydrogen (secondary N) is 2. The first-order valence-corrected chi connectivity index (χ1v) is 19.0. The number of benzene rings is 5. The van der Waals surface area contributed by atoms with Gasteiger partial charge in [-0.2, -0.15) is 0 Å². The van der Waals surface area contributed by atoms with Crippen LogP contribution in [0.2, 0.25) is 0 Å². The number of aliphatic hydroxyl groups excluding tert-OH is 1. The molecule has 0 bridgehead atoms. The van der Waals surface area contributed by atoms with Crippen molar-refractivity contribution in [2.75, 3.05) is 12.9 Å². The van der Waals surface area contributed by atoms with Gasteiger partial charge >= 0.3 is 18.0 Å². The maximum Gasteiger partial charge on any atom is 0.336 e. The summed E-state index contributed by atoms with van der Waals surface area (Å²) in [6.45, 7) is 2.23. The average molecular weight is 761 g/mol. The number of urea groups is 1. The van der Waals surface area contributed by atoms with Gasteiger partial charge < -0.3 is 35.1 Å². The smallest absolute Gasteiger partial charge is 0.336 e. The highest BCUT2D eigenvalue weighted by molar-refractivity contribution is 7.99. The fourth-order valence-electron chi connectivity index (χ4n) is 6.60. The fraction of sp³-hybridized carbons (Fsp3) is 0.250. The molecule has 5 aromatic carbocycles. The minimum Gasteiger partial charge on any atom is -0.478 e. The number of carboxylic acid groups (broad SMARTS) is 1. The van der Waals surface area contributed by atoms with E-state index >= 15 is 0 Å². The molecular weight excluding hydrogens is 717 g/mol. The highest BCUT2D eigenvalue weighted by Gasteiger charge is 2.38. The molecule has 1 saturated heterocycles. The van der Waals surface area contributed by atoms with E-state index in [9.17, 15) is 24.6 Å². The molecule has 0 aliphatic carbocycles. The number of aromatic carboxylic acids is 1. The van der Waals surface area contributed by atoms with E-state index in [0.717, 1.165) is 38.9 Å². The van der Waals surface area contributed by atoms with E-state index in [0.29, 0.717) is 17.1 Å². The minimum absolute atomic E-state index is 0.0568. The molecular formula is C44H44N2O8S. The first kappa shape index (κ1) is 39.2. The molecule has 0 aromatic heterocycles. The Kier molecular flexibility index (Phi) is 13.4. The lowest BCUT2D eigenvalue weighted by Crippen LogP contribution is -2.47. The molecule has 1 fully saturated rings. The van der Waals surface area contributed by atoms with Crippen LogP contribution in [0.3, 0.4) is 0 Å². The zero-order valence-electron chi connectivity index (χ0n) is 30.6. The summed E-state index contributed by atoms with van der Waals surface area (Å²) in [4.78, 5) is 38.0. The van der Waals surface area contributed by atoms with Gasteiger partial charge in [0.25, 0.3) is 0 Å². The molecule has 4 N–H and O–H groups in total. The van der Waals surface area contributed by atoms with Gasteiger partial charge in [0.1, 0.15) is 6.04 Å². The van der Waals surface area contributed by atoms with Crippen LogP contribution in [0.1, 0.15) is 57.5 Å². The number of esters is 1. The summed E-state index contributed by atoms with van der Waals surface area (Å²) < 4.78 is 18.2. The van der Waals surface area contributed by atoms with Crippen LogP contribution in [-0.2, 0) is 38.6 Å². The summed E-state index contributed by atoms with van der Waals surface area (Å²) in [6, 6.07) is 38.4. The van der Waals surface area contributed by atoms with Crippen molar-refractivity contribution in [1.82, 2.24) is 10.6 Å². The van der Waals surface area contributed by atoms with Crippen molar-refractivity contribution in [3.05, 3.63) is 161 Å². The normalized spacial score (nSPS) is 18.5. The van der Waals surface area contributed by atoms with Crippen LogP contribution in [0, 0.1) is 5.92 Å². The van der Waals surface area contributed by atoms with Crippen molar-refractivity contribution in [3.63, 3.8) is 0 Å². The van der Waals surface area contributed by atoms with Crippen LogP contribution >= 0.6 is 11.8 Å². The molecule has 11 heteroatoms. The fourth-order valence-corrected chi connectivity index (χ4v) is 7.81. The van der Waals surface area contributed by atoms with Gasteiger partial charge in [-0.3, -0.25) is 0 Å². The Bertz CT molecular complexity index is 2060. The van der Waals surface area contributed by atoms with Gasteiger partial charge in [0.2, 0.25) is 0 Å². The van der Waals surface area contributed by atoms with Crippen molar-refractivity contribution in [3.8, 4) is 11.1 Å². The third-order valence-corrected chi connectivity index (χ3v) is 10.8. The van der Waals surface area contributed by atoms with Gasteiger partial charge in [-0.05, 0) is 45.5 Å². The number of carbonyl (C=O) groups excluding carboxylic acids is 2. The third kappa shape index (κ3) is 10.00. The van der Waals surface area contributed by atoms with E-state index in [4.69, 9.17) is 14.2 Å². The lowest BCUT2D eigenvalue weighted by molar-refractivity contribution is -0.268. The number of ether oxygens (including phenoxy) is 3. The number of rotatable bonds is 14. The molecule has 1 aliphatic rings. The quantitative estimate of drug-likeness (QED) is 0.0661. The number of hydrogen-bond acceptors (Lipinski definition) is 8. The molecule has 6 rings (SSSR count). The highest BCUT2D eigenvalue weighted by atomic mass is 32.2. The lowest BCUT2D eigenvalue weighted by atomic mass is 9.91. The van der Waals surface area contributed by atoms with E-state index in [1.807, 2.05) is 115 Å². The van der Waals surface area contributed by atoms with Gasteiger partial charge in [-0.1, -0.05) is 122 Å². The molecule has 0 radical (unpaired) electrons. The van der Waals surface area contributed by atoms with Gasteiger partial charge in [-0.25, -0.2) is 14.4 Å². The number of thioether (sulfide) groups is 1. The van der Waals surface area contributed by atoms with Crippen molar-refractivity contribution in [2.24, 2.45) is 5.92 Å². The zero-order chi connectivity index (χ0) is 38.7. The molecule has 5 aromatic rings. The first-order valence-electron chi connectivity index (χ1n) is 18.0. The van der Waals surface area contributed by atoms with Gasteiger partial charge in [0, 0.05) is 35.1 Å². The second kappa shape index (κ2) is 18.7. The van der Waals surface area contributed by atoms with Crippen LogP contribution in [0.5, 0.6) is 0 Å². The predicted octanol–water partition coefficient (Wildman–Crippen LogP) is 7.71. The molecule has 0 spiro atoms. The Hall–Kier alpha value is -5.46. The Balaban J connectivity index is 1.17. The largest absolute Gasteiger partial charge is 0.478 e. The Morgan fingerprint density at radius 2 is 1.47 bits per heavy atom. The van der Waals surface area contributed by atoms with Gasteiger partial charge in [-0.15, -0.1) is 11.8 Å². The molecule has 2 amide bonds. The van der Waals surface area contributed by atoms with Crippen molar-refractivity contribution < 1.29 is 38.8 Å². The van der Waals surface area contributed by atoms with E-state index < -0.39 is 30.3 Å². The number of methoxy groups -OCH3 is 1. The first-order chi connectivity index (χ1) is 26.7. The number of carbonyl (C=O) groups is 3. The second-order valence-electron chi connectivity index (χ2n) is 13.3. The number of aliphatic hydroxyl groups is 1. The minimum atomic E-state index is -0.976. The molecule has 10 nitrogen and oxygen atoms in total. The maximum atomic E-state index is 13.0. The van der Waals surface area contributed by atoms with Crippen LogP contribution in [0.15, 0.2) is 132 Å². The summed E-state index contributed by atoms with van der Waals surface area (Å²) in [7, 11) is 1.30. The van der Waals surface area contributed by atoms with Crippen molar-refractivity contribution in [2.45, 2.75) is 55.9 Å². The SMILES string of the molecule is COC(=O)[C@H](Cc1ccccc1)NC(=O)NCc1ccccc1-c1ccc([C@@H]2O[C@H](CSc3ccccc3C(=O)O)[C@H](C)[C@H](c3ccc(CO)cc3)O2)cc1. The summed E-state index contributed by atoms with van der Waals surface area (Å²) >= 11 is 1.45. The molecule has 0 saturated carbocycles. The summed E-state index contributed by atoms with van der Waals surface area (Å²) in [5.74, 6) is -1.07. The molecule has 0 unspecified atom stereocenters. The van der Waals surface area contributed by atoms with Crippen molar-refractivity contribution >= 4 is 29.7 Å². The monoisotopic (exact) mass is 760 g/mol. The van der Waals surface area contributed by atoms with E-state index in [1.165, 1.54) is 18.9 Å². The predicted molar refractivity (Wildman–Crippen MR) is 210 cm³/mol. The molecule has 1 aliphatic heterocycles. The number of amides is 2. The average Bonchev–Trinajstić information content (AvgIpc) is 3.22. The van der Waals surface area contributed by atoms with Crippen LogP contribution in [-0.4, -0.2) is 53.2 Å². The molecule has 55 heavy (non-hydrogen) atoms. The Morgan fingerprint density at radius 1 is 0.800 bits per heavy atom. The van der Waals surface area contributed by atoms with Gasteiger partial charge in [0.15, 0.2) is 6.29 Å². The van der Waals surface area contributed by atoms with Crippen LogP contribution in [0.25, 0.3) is 11.1 Å². The number of carboxylic acids is 1. The standard InChI is InChI=1S/C44H44N2O8S/c1-28-38(27-55-39-15-9-8-14-36(39)41(48)49)53-43(54-40(28)32-18-16-30(26-47)17-19-32)33-22-20-31(21-23-33)35-13-7-6-12-34(35)25-45-44(51)46-37(42(50)52-2)24-29-10-4-3-5-11-29/h3-23,28,37-38,40,43,47H,24-27H2,1-2H3,(H,48,49)(H2,45,46,51)/t28-,37-,38+,40+,43+/m0/s1. The van der Waals surface area contributed by atoms with E-state index in [1.54, 1.807) is 12.1 Å². The maximum absolute atomic E-state index is 13.0. The van der Waals surface area contributed by atoms with Crippen LogP contribution < -0.4 is 10.6 Å².